The first kappa shape index (κ1) is 13.7. The van der Waals surface area contributed by atoms with Crippen LogP contribution in [0.3, 0.4) is 0 Å². The van der Waals surface area contributed by atoms with Crippen molar-refractivity contribution in [1.29, 1.82) is 0 Å². The monoisotopic (exact) mass is 257 g/mol. The first-order chi connectivity index (χ1) is 8.40. The number of hydrogen-bond acceptors (Lipinski definition) is 3. The molecule has 2 atom stereocenters. The average Bonchev–Trinajstić information content (AvgIpc) is 2.57. The summed E-state index contributed by atoms with van der Waals surface area (Å²) in [6, 6.07) is 0.760. The van der Waals surface area contributed by atoms with Crippen molar-refractivity contribution in [3.63, 3.8) is 0 Å². The van der Waals surface area contributed by atoms with Crippen LogP contribution in [0.1, 0.15) is 51.9 Å². The van der Waals surface area contributed by atoms with E-state index in [0.29, 0.717) is 0 Å². The molecule has 1 saturated carbocycles. The molecular formula is C14H27NOS. The zero-order chi connectivity index (χ0) is 11.9. The fourth-order valence-corrected chi connectivity index (χ4v) is 4.68. The Hall–Kier alpha value is 0.270. The Kier molecular flexibility index (Phi) is 6.16. The largest absolute Gasteiger partial charge is 0.381 e. The van der Waals surface area contributed by atoms with Gasteiger partial charge >= 0.3 is 0 Å². The van der Waals surface area contributed by atoms with Gasteiger partial charge in [-0.05, 0) is 32.2 Å². The topological polar surface area (TPSA) is 21.3 Å². The standard InChI is InChI=1S/C14H27NOS/c1-2-15-13-6-4-3-5-7-14(13)17-12-8-10-16-11-9-12/h12-15H,2-11H2,1H3. The van der Waals surface area contributed by atoms with E-state index in [-0.39, 0.29) is 0 Å². The quantitative estimate of drug-likeness (QED) is 0.781. The lowest BCUT2D eigenvalue weighted by molar-refractivity contribution is 0.0998. The van der Waals surface area contributed by atoms with Gasteiger partial charge in [0.1, 0.15) is 0 Å². The fraction of sp³-hybridized carbons (Fsp3) is 1.00. The summed E-state index contributed by atoms with van der Waals surface area (Å²) in [5.41, 5.74) is 0. The van der Waals surface area contributed by atoms with Crippen molar-refractivity contribution in [2.75, 3.05) is 19.8 Å². The smallest absolute Gasteiger partial charge is 0.0476 e. The molecule has 3 heteroatoms. The summed E-state index contributed by atoms with van der Waals surface area (Å²) in [6.07, 6.45) is 9.62. The highest BCUT2D eigenvalue weighted by atomic mass is 32.2. The van der Waals surface area contributed by atoms with Gasteiger partial charge in [0, 0.05) is 29.8 Å². The van der Waals surface area contributed by atoms with Crippen molar-refractivity contribution in [1.82, 2.24) is 5.32 Å². The summed E-state index contributed by atoms with van der Waals surface area (Å²) < 4.78 is 5.46. The second-order valence-electron chi connectivity index (χ2n) is 5.29. The third kappa shape index (κ3) is 4.46. The molecule has 100 valence electrons. The zero-order valence-corrected chi connectivity index (χ0v) is 11.9. The maximum atomic E-state index is 5.46. The predicted molar refractivity (Wildman–Crippen MR) is 75.8 cm³/mol. The minimum absolute atomic E-state index is 0.760. The normalized spacial score (nSPS) is 32.3. The predicted octanol–water partition coefficient (Wildman–Crippen LogP) is 3.21. The van der Waals surface area contributed by atoms with Gasteiger partial charge in [0.15, 0.2) is 0 Å². The lowest BCUT2D eigenvalue weighted by atomic mass is 10.1. The van der Waals surface area contributed by atoms with Gasteiger partial charge in [-0.15, -0.1) is 0 Å². The SMILES string of the molecule is CCNC1CCCCCC1SC1CCOCC1. The summed E-state index contributed by atoms with van der Waals surface area (Å²) in [7, 11) is 0. The Bertz CT molecular complexity index is 206. The number of hydrogen-bond donors (Lipinski definition) is 1. The lowest BCUT2D eigenvalue weighted by Gasteiger charge is -2.31. The Morgan fingerprint density at radius 3 is 2.59 bits per heavy atom. The van der Waals surface area contributed by atoms with E-state index in [4.69, 9.17) is 4.74 Å². The van der Waals surface area contributed by atoms with Crippen molar-refractivity contribution in [3.05, 3.63) is 0 Å². The Labute approximate surface area is 110 Å². The van der Waals surface area contributed by atoms with Crippen LogP contribution in [-0.2, 0) is 4.74 Å². The van der Waals surface area contributed by atoms with Gasteiger partial charge in [0.25, 0.3) is 0 Å². The minimum Gasteiger partial charge on any atom is -0.381 e. The molecular weight excluding hydrogens is 230 g/mol. The van der Waals surface area contributed by atoms with Gasteiger partial charge in [-0.1, -0.05) is 26.2 Å². The molecule has 0 aromatic carbocycles. The Morgan fingerprint density at radius 1 is 1.06 bits per heavy atom. The molecule has 2 unspecified atom stereocenters. The average molecular weight is 257 g/mol. The molecule has 1 N–H and O–H groups in total. The van der Waals surface area contributed by atoms with Crippen molar-refractivity contribution >= 4 is 11.8 Å². The van der Waals surface area contributed by atoms with Crippen molar-refractivity contribution < 1.29 is 4.74 Å². The van der Waals surface area contributed by atoms with Crippen LogP contribution >= 0.6 is 11.8 Å². The molecule has 2 fully saturated rings. The van der Waals surface area contributed by atoms with Crippen LogP contribution in [0.25, 0.3) is 0 Å². The van der Waals surface area contributed by atoms with Crippen LogP contribution in [0.5, 0.6) is 0 Å². The van der Waals surface area contributed by atoms with Gasteiger partial charge in [-0.2, -0.15) is 11.8 Å². The molecule has 0 spiro atoms. The van der Waals surface area contributed by atoms with Gasteiger partial charge in [-0.3, -0.25) is 0 Å². The molecule has 1 aliphatic carbocycles. The van der Waals surface area contributed by atoms with Crippen molar-refractivity contribution in [2.24, 2.45) is 0 Å². The van der Waals surface area contributed by atoms with Gasteiger partial charge < -0.3 is 10.1 Å². The molecule has 0 aromatic heterocycles. The third-order valence-electron chi connectivity index (χ3n) is 3.95. The Morgan fingerprint density at radius 2 is 1.82 bits per heavy atom. The lowest BCUT2D eigenvalue weighted by Crippen LogP contribution is -2.38. The maximum absolute atomic E-state index is 5.46. The molecule has 0 bridgehead atoms. The zero-order valence-electron chi connectivity index (χ0n) is 11.1. The summed E-state index contributed by atoms with van der Waals surface area (Å²) in [4.78, 5) is 0. The van der Waals surface area contributed by atoms with Gasteiger partial charge in [0.2, 0.25) is 0 Å². The highest BCUT2D eigenvalue weighted by Gasteiger charge is 2.27. The Balaban J connectivity index is 1.84. The highest BCUT2D eigenvalue weighted by molar-refractivity contribution is 8.00. The molecule has 0 aromatic rings. The van der Waals surface area contributed by atoms with Gasteiger partial charge in [-0.25, -0.2) is 0 Å². The van der Waals surface area contributed by atoms with Crippen LogP contribution in [0.15, 0.2) is 0 Å². The molecule has 1 heterocycles. The molecule has 0 amide bonds. The molecule has 1 saturated heterocycles. The molecule has 2 aliphatic rings. The summed E-state index contributed by atoms with van der Waals surface area (Å²) in [5, 5.41) is 5.41. The van der Waals surface area contributed by atoms with E-state index in [0.717, 1.165) is 36.3 Å². The van der Waals surface area contributed by atoms with Crippen LogP contribution in [0, 0.1) is 0 Å². The first-order valence-corrected chi connectivity index (χ1v) is 8.31. The van der Waals surface area contributed by atoms with E-state index in [9.17, 15) is 0 Å². The molecule has 1 aliphatic heterocycles. The van der Waals surface area contributed by atoms with Crippen LogP contribution in [-0.4, -0.2) is 36.3 Å². The molecule has 2 rings (SSSR count). The second kappa shape index (κ2) is 7.65. The van der Waals surface area contributed by atoms with Crippen LogP contribution in [0.4, 0.5) is 0 Å². The van der Waals surface area contributed by atoms with Crippen LogP contribution < -0.4 is 5.32 Å². The van der Waals surface area contributed by atoms with Crippen LogP contribution in [0.2, 0.25) is 0 Å². The summed E-state index contributed by atoms with van der Waals surface area (Å²) in [6.45, 7) is 5.32. The first-order valence-electron chi connectivity index (χ1n) is 7.36. The van der Waals surface area contributed by atoms with E-state index < -0.39 is 0 Å². The van der Waals surface area contributed by atoms with E-state index in [1.807, 2.05) is 0 Å². The molecule has 0 radical (unpaired) electrons. The van der Waals surface area contributed by atoms with Crippen molar-refractivity contribution in [3.8, 4) is 0 Å². The third-order valence-corrected chi connectivity index (χ3v) is 5.72. The number of nitrogens with one attached hydrogen (secondary N) is 1. The van der Waals surface area contributed by atoms with E-state index in [1.165, 1.54) is 44.9 Å². The fourth-order valence-electron chi connectivity index (χ4n) is 2.99. The highest BCUT2D eigenvalue weighted by Crippen LogP contribution is 2.34. The van der Waals surface area contributed by atoms with Gasteiger partial charge in [0.05, 0.1) is 0 Å². The second-order valence-corrected chi connectivity index (χ2v) is 6.83. The van der Waals surface area contributed by atoms with E-state index in [1.54, 1.807) is 0 Å². The molecule has 17 heavy (non-hydrogen) atoms. The number of rotatable bonds is 4. The van der Waals surface area contributed by atoms with E-state index in [2.05, 4.69) is 24.0 Å². The summed E-state index contributed by atoms with van der Waals surface area (Å²) >= 11 is 2.26. The van der Waals surface area contributed by atoms with E-state index >= 15 is 0 Å². The maximum Gasteiger partial charge on any atom is 0.0476 e. The molecule has 2 nitrogen and oxygen atoms in total. The minimum atomic E-state index is 0.760. The number of ether oxygens (including phenoxy) is 1. The van der Waals surface area contributed by atoms with Crippen molar-refractivity contribution in [2.45, 2.75) is 68.4 Å². The summed E-state index contributed by atoms with van der Waals surface area (Å²) in [5.74, 6) is 0. The number of thioether (sulfide) groups is 1.